The zero-order valence-electron chi connectivity index (χ0n) is 10.7. The second-order valence-corrected chi connectivity index (χ2v) is 5.30. The highest BCUT2D eigenvalue weighted by Crippen LogP contribution is 2.37. The van der Waals surface area contributed by atoms with Crippen molar-refractivity contribution in [1.29, 1.82) is 0 Å². The van der Waals surface area contributed by atoms with E-state index in [1.165, 1.54) is 37.7 Å². The van der Waals surface area contributed by atoms with Gasteiger partial charge < -0.3 is 10.0 Å². The molecule has 1 aromatic carbocycles. The van der Waals surface area contributed by atoms with Gasteiger partial charge in [-0.25, -0.2) is 0 Å². The van der Waals surface area contributed by atoms with E-state index in [1.54, 1.807) is 0 Å². The lowest BCUT2D eigenvalue weighted by atomic mass is 9.84. The monoisotopic (exact) mass is 244 g/mol. The molecule has 18 heavy (non-hydrogen) atoms. The molecule has 0 spiro atoms. The molecule has 1 N–H and O–H groups in total. The first-order chi connectivity index (χ1) is 8.84. The van der Waals surface area contributed by atoms with Gasteiger partial charge in [0, 0.05) is 6.54 Å². The highest BCUT2D eigenvalue weighted by Gasteiger charge is 2.19. The molecule has 0 unspecified atom stereocenters. The zero-order chi connectivity index (χ0) is 12.4. The van der Waals surface area contributed by atoms with Crippen molar-refractivity contribution in [3.8, 4) is 5.75 Å². The number of rotatable bonds is 2. The number of aromatic hydroxyl groups is 1. The van der Waals surface area contributed by atoms with Crippen molar-refractivity contribution in [2.45, 2.75) is 38.0 Å². The molecule has 96 valence electrons. The Morgan fingerprint density at radius 1 is 1.17 bits per heavy atom. The van der Waals surface area contributed by atoms with Crippen LogP contribution in [0.15, 0.2) is 23.2 Å². The molecule has 1 aliphatic heterocycles. The highest BCUT2D eigenvalue weighted by molar-refractivity contribution is 5.83. The third-order valence-electron chi connectivity index (χ3n) is 4.08. The van der Waals surface area contributed by atoms with Crippen molar-refractivity contribution in [2.24, 2.45) is 4.99 Å². The molecule has 1 saturated carbocycles. The van der Waals surface area contributed by atoms with Crippen molar-refractivity contribution in [3.63, 3.8) is 0 Å². The molecule has 0 radical (unpaired) electrons. The summed E-state index contributed by atoms with van der Waals surface area (Å²) in [5.74, 6) is 1.04. The van der Waals surface area contributed by atoms with E-state index in [1.807, 2.05) is 17.3 Å². The van der Waals surface area contributed by atoms with Gasteiger partial charge in [0.15, 0.2) is 0 Å². The van der Waals surface area contributed by atoms with Gasteiger partial charge in [-0.15, -0.1) is 0 Å². The number of hydrogen-bond donors (Lipinski definition) is 1. The number of phenols is 1. The summed E-state index contributed by atoms with van der Waals surface area (Å²) in [4.78, 5) is 6.26. The smallest absolute Gasteiger partial charge is 0.139 e. The molecule has 1 aliphatic carbocycles. The Morgan fingerprint density at radius 3 is 2.72 bits per heavy atom. The summed E-state index contributed by atoms with van der Waals surface area (Å²) in [7, 11) is 0. The van der Waals surface area contributed by atoms with Crippen LogP contribution in [0.5, 0.6) is 5.75 Å². The van der Waals surface area contributed by atoms with Crippen LogP contribution in [0, 0.1) is 0 Å². The Kier molecular flexibility index (Phi) is 3.22. The van der Waals surface area contributed by atoms with Gasteiger partial charge in [0.25, 0.3) is 0 Å². The minimum Gasteiger partial charge on any atom is -0.506 e. The Hall–Kier alpha value is -1.51. The van der Waals surface area contributed by atoms with E-state index in [0.29, 0.717) is 11.7 Å². The molecule has 3 heteroatoms. The lowest BCUT2D eigenvalue weighted by Gasteiger charge is -2.24. The van der Waals surface area contributed by atoms with Crippen LogP contribution in [-0.4, -0.2) is 24.5 Å². The quantitative estimate of drug-likeness (QED) is 0.866. The topological polar surface area (TPSA) is 35.8 Å². The molecule has 3 nitrogen and oxygen atoms in total. The average molecular weight is 244 g/mol. The molecule has 0 saturated heterocycles. The summed E-state index contributed by atoms with van der Waals surface area (Å²) in [6.45, 7) is 1.70. The Labute approximate surface area is 108 Å². The fraction of sp³-hybridized carbons (Fsp3) is 0.533. The van der Waals surface area contributed by atoms with Gasteiger partial charge in [0.2, 0.25) is 0 Å². The number of anilines is 1. The first-order valence-corrected chi connectivity index (χ1v) is 6.94. The van der Waals surface area contributed by atoms with Crippen LogP contribution < -0.4 is 4.90 Å². The van der Waals surface area contributed by atoms with Crippen molar-refractivity contribution >= 4 is 12.0 Å². The normalized spacial score (nSPS) is 20.6. The van der Waals surface area contributed by atoms with E-state index in [2.05, 4.69) is 17.1 Å². The maximum Gasteiger partial charge on any atom is 0.139 e. The minimum absolute atomic E-state index is 0.364. The van der Waals surface area contributed by atoms with Crippen molar-refractivity contribution in [3.05, 3.63) is 23.8 Å². The number of hydrogen-bond acceptors (Lipinski definition) is 3. The van der Waals surface area contributed by atoms with Crippen molar-refractivity contribution in [2.75, 3.05) is 18.0 Å². The first kappa shape index (κ1) is 11.6. The van der Waals surface area contributed by atoms with Crippen LogP contribution in [0.2, 0.25) is 0 Å². The second-order valence-electron chi connectivity index (χ2n) is 5.30. The fourth-order valence-corrected chi connectivity index (χ4v) is 3.02. The summed E-state index contributed by atoms with van der Waals surface area (Å²) in [6, 6.07) is 6.08. The van der Waals surface area contributed by atoms with Gasteiger partial charge in [-0.2, -0.15) is 0 Å². The number of benzene rings is 1. The molecule has 0 bridgehead atoms. The van der Waals surface area contributed by atoms with Crippen LogP contribution in [0.4, 0.5) is 5.69 Å². The molecule has 2 aliphatic rings. The van der Waals surface area contributed by atoms with E-state index >= 15 is 0 Å². The summed E-state index contributed by atoms with van der Waals surface area (Å²) < 4.78 is 0. The van der Waals surface area contributed by atoms with Crippen LogP contribution in [0.3, 0.4) is 0 Å². The van der Waals surface area contributed by atoms with E-state index in [4.69, 9.17) is 0 Å². The summed E-state index contributed by atoms with van der Waals surface area (Å²) in [6.07, 6.45) is 8.47. The fourth-order valence-electron chi connectivity index (χ4n) is 3.02. The second kappa shape index (κ2) is 5.01. The average Bonchev–Trinajstić information content (AvgIpc) is 2.94. The molecule has 0 amide bonds. The predicted molar refractivity (Wildman–Crippen MR) is 74.6 cm³/mol. The lowest BCUT2D eigenvalue weighted by molar-refractivity contribution is 0.442. The molecule has 0 aromatic heterocycles. The van der Waals surface area contributed by atoms with Crippen LogP contribution in [0.25, 0.3) is 0 Å². The highest BCUT2D eigenvalue weighted by atomic mass is 16.3. The van der Waals surface area contributed by atoms with E-state index in [9.17, 15) is 5.11 Å². The Bertz CT molecular complexity index is 450. The molecule has 3 rings (SSSR count). The molecule has 0 atom stereocenters. The van der Waals surface area contributed by atoms with Crippen LogP contribution in [0.1, 0.15) is 43.6 Å². The van der Waals surface area contributed by atoms with E-state index in [0.717, 1.165) is 18.8 Å². The molecule has 1 aromatic rings. The van der Waals surface area contributed by atoms with Crippen molar-refractivity contribution < 1.29 is 5.11 Å². The van der Waals surface area contributed by atoms with Crippen molar-refractivity contribution in [1.82, 2.24) is 0 Å². The predicted octanol–water partition coefficient (Wildman–Crippen LogP) is 3.29. The summed E-state index contributed by atoms with van der Waals surface area (Å²) >= 11 is 0. The third kappa shape index (κ3) is 2.22. The maximum absolute atomic E-state index is 9.99. The molecular formula is C15H20N2O. The van der Waals surface area contributed by atoms with Gasteiger partial charge in [-0.05, 0) is 36.5 Å². The van der Waals surface area contributed by atoms with Gasteiger partial charge in [-0.1, -0.05) is 25.3 Å². The molecule has 1 heterocycles. The zero-order valence-corrected chi connectivity index (χ0v) is 10.7. The third-order valence-corrected chi connectivity index (χ3v) is 4.08. The lowest BCUT2D eigenvalue weighted by Crippen LogP contribution is -2.18. The van der Waals surface area contributed by atoms with Crippen LogP contribution >= 0.6 is 0 Å². The Balaban J connectivity index is 1.87. The SMILES string of the molecule is Oc1ccc(C2CCCCC2)cc1N1C=NCC1. The number of aliphatic imine (C=N–C) groups is 1. The Morgan fingerprint density at radius 2 is 2.00 bits per heavy atom. The summed E-state index contributed by atoms with van der Waals surface area (Å²) in [5.41, 5.74) is 2.29. The summed E-state index contributed by atoms with van der Waals surface area (Å²) in [5, 5.41) is 9.99. The van der Waals surface area contributed by atoms with E-state index in [-0.39, 0.29) is 0 Å². The van der Waals surface area contributed by atoms with Gasteiger partial charge >= 0.3 is 0 Å². The largest absolute Gasteiger partial charge is 0.506 e. The standard InChI is InChI=1S/C15H20N2O/c18-15-7-6-13(12-4-2-1-3-5-12)10-14(15)17-9-8-16-11-17/h6-7,10-12,18H,1-5,8-9H2. The van der Waals surface area contributed by atoms with Gasteiger partial charge in [-0.3, -0.25) is 4.99 Å². The molecular weight excluding hydrogens is 224 g/mol. The van der Waals surface area contributed by atoms with Crippen LogP contribution in [-0.2, 0) is 0 Å². The van der Waals surface area contributed by atoms with Gasteiger partial charge in [0.1, 0.15) is 5.75 Å². The first-order valence-electron chi connectivity index (χ1n) is 6.94. The number of phenolic OH excluding ortho intramolecular Hbond substituents is 1. The number of nitrogens with zero attached hydrogens (tertiary/aromatic N) is 2. The minimum atomic E-state index is 0.364. The van der Waals surface area contributed by atoms with E-state index < -0.39 is 0 Å². The maximum atomic E-state index is 9.99. The molecule has 1 fully saturated rings. The van der Waals surface area contributed by atoms with Gasteiger partial charge in [0.05, 0.1) is 18.6 Å².